The Balaban J connectivity index is 1.70. The number of halogens is 1. The van der Waals surface area contributed by atoms with Crippen LogP contribution in [0.15, 0.2) is 48.6 Å². The molecule has 0 fully saturated rings. The standard InChI is InChI=1S/C28H32ClN3O2/c1-3-18-33-19-20-34-26-12-13-27-24(21-26)9-8-23-10-11-25(29)22-28(23)32(27)17-7-6-16-31(2)15-5-4-14-30/h1,4-5,10-13,21-22H,6-9,15-20H2,2H3/b5-4+. The topological polar surface area (TPSA) is 48.7 Å². The van der Waals surface area contributed by atoms with Crippen LogP contribution in [0.25, 0.3) is 0 Å². The van der Waals surface area contributed by atoms with Crippen molar-refractivity contribution in [3.63, 3.8) is 0 Å². The number of fused-ring (bicyclic) bond motifs is 2. The van der Waals surface area contributed by atoms with E-state index < -0.39 is 0 Å². The molecule has 0 unspecified atom stereocenters. The van der Waals surface area contributed by atoms with Gasteiger partial charge < -0.3 is 19.3 Å². The first-order chi connectivity index (χ1) is 16.6. The SMILES string of the molecule is C#CCOCCOc1ccc2c(c1)CCc1ccc(Cl)cc1N2CCCCN(C)C/C=C/C#N. The lowest BCUT2D eigenvalue weighted by atomic mass is 10.0. The molecule has 1 aliphatic rings. The van der Waals surface area contributed by atoms with Crippen molar-refractivity contribution in [3.8, 4) is 24.2 Å². The van der Waals surface area contributed by atoms with Gasteiger partial charge in [0.05, 0.1) is 12.7 Å². The molecule has 0 saturated carbocycles. The number of hydrogen-bond donors (Lipinski definition) is 0. The Kier molecular flexibility index (Phi) is 10.3. The quantitative estimate of drug-likeness (QED) is 0.233. The highest BCUT2D eigenvalue weighted by Gasteiger charge is 2.21. The number of nitrogens with zero attached hydrogens (tertiary/aromatic N) is 3. The second-order valence-electron chi connectivity index (χ2n) is 8.32. The molecule has 178 valence electrons. The van der Waals surface area contributed by atoms with Crippen molar-refractivity contribution in [2.75, 3.05) is 51.4 Å². The molecule has 2 aromatic rings. The van der Waals surface area contributed by atoms with Gasteiger partial charge in [0.1, 0.15) is 19.0 Å². The fraction of sp³-hybridized carbons (Fsp3) is 0.393. The van der Waals surface area contributed by atoms with E-state index in [2.05, 4.69) is 47.0 Å². The van der Waals surface area contributed by atoms with E-state index in [1.54, 1.807) is 0 Å². The van der Waals surface area contributed by atoms with Crippen molar-refractivity contribution in [2.24, 2.45) is 0 Å². The molecule has 0 radical (unpaired) electrons. The number of terminal acetylenes is 1. The second-order valence-corrected chi connectivity index (χ2v) is 8.76. The summed E-state index contributed by atoms with van der Waals surface area (Å²) in [5, 5.41) is 9.39. The molecule has 0 bridgehead atoms. The van der Waals surface area contributed by atoms with Crippen LogP contribution >= 0.6 is 11.6 Å². The molecule has 0 spiro atoms. The monoisotopic (exact) mass is 477 g/mol. The zero-order valence-electron chi connectivity index (χ0n) is 19.8. The van der Waals surface area contributed by atoms with Gasteiger partial charge in [-0.15, -0.1) is 6.42 Å². The molecule has 34 heavy (non-hydrogen) atoms. The number of anilines is 2. The lowest BCUT2D eigenvalue weighted by Gasteiger charge is -2.28. The predicted molar refractivity (Wildman–Crippen MR) is 139 cm³/mol. The summed E-state index contributed by atoms with van der Waals surface area (Å²) in [7, 11) is 2.08. The fourth-order valence-electron chi connectivity index (χ4n) is 4.13. The average Bonchev–Trinajstić information content (AvgIpc) is 2.98. The maximum Gasteiger partial charge on any atom is 0.119 e. The highest BCUT2D eigenvalue weighted by Crippen LogP contribution is 2.39. The summed E-state index contributed by atoms with van der Waals surface area (Å²) in [6.07, 6.45) is 12.7. The van der Waals surface area contributed by atoms with Gasteiger partial charge in [-0.2, -0.15) is 5.26 Å². The number of hydrogen-bond acceptors (Lipinski definition) is 5. The van der Waals surface area contributed by atoms with Crippen LogP contribution in [0.3, 0.4) is 0 Å². The third kappa shape index (κ3) is 7.54. The molecule has 5 nitrogen and oxygen atoms in total. The number of aryl methyl sites for hydroxylation is 2. The molecule has 0 saturated heterocycles. The summed E-state index contributed by atoms with van der Waals surface area (Å²) in [5.41, 5.74) is 4.98. The summed E-state index contributed by atoms with van der Waals surface area (Å²) in [6.45, 7) is 3.91. The van der Waals surface area contributed by atoms with Crippen molar-refractivity contribution in [1.29, 1.82) is 5.26 Å². The minimum Gasteiger partial charge on any atom is -0.491 e. The van der Waals surface area contributed by atoms with Crippen LogP contribution in [0.4, 0.5) is 11.4 Å². The summed E-state index contributed by atoms with van der Waals surface area (Å²) in [6, 6.07) is 14.6. The average molecular weight is 478 g/mol. The Bertz CT molecular complexity index is 1050. The van der Waals surface area contributed by atoms with Gasteiger partial charge in [-0.25, -0.2) is 0 Å². The summed E-state index contributed by atoms with van der Waals surface area (Å²) in [5.74, 6) is 3.31. The molecular weight excluding hydrogens is 446 g/mol. The van der Waals surface area contributed by atoms with Crippen molar-refractivity contribution >= 4 is 23.0 Å². The largest absolute Gasteiger partial charge is 0.491 e. The molecule has 6 heteroatoms. The van der Waals surface area contributed by atoms with Gasteiger partial charge >= 0.3 is 0 Å². The van der Waals surface area contributed by atoms with Gasteiger partial charge in [0.2, 0.25) is 0 Å². The van der Waals surface area contributed by atoms with Crippen LogP contribution < -0.4 is 9.64 Å². The van der Waals surface area contributed by atoms with E-state index in [9.17, 15) is 0 Å². The van der Waals surface area contributed by atoms with E-state index in [4.69, 9.17) is 32.8 Å². The molecule has 3 rings (SSSR count). The smallest absolute Gasteiger partial charge is 0.119 e. The number of likely N-dealkylation sites (N-methyl/N-ethyl adjacent to an activating group) is 1. The molecule has 0 N–H and O–H groups in total. The Morgan fingerprint density at radius 1 is 1.12 bits per heavy atom. The van der Waals surface area contributed by atoms with Crippen LogP contribution in [0.2, 0.25) is 5.02 Å². The first kappa shape index (κ1) is 25.7. The van der Waals surface area contributed by atoms with Crippen LogP contribution in [0, 0.1) is 23.7 Å². The lowest BCUT2D eigenvalue weighted by Crippen LogP contribution is -2.23. The van der Waals surface area contributed by atoms with Crippen LogP contribution in [0.1, 0.15) is 24.0 Å². The van der Waals surface area contributed by atoms with E-state index in [0.29, 0.717) is 19.8 Å². The first-order valence-electron chi connectivity index (χ1n) is 11.7. The Morgan fingerprint density at radius 2 is 1.97 bits per heavy atom. The minimum absolute atomic E-state index is 0.301. The van der Waals surface area contributed by atoms with Gasteiger partial charge in [0, 0.05) is 35.6 Å². The molecular formula is C28H32ClN3O2. The van der Waals surface area contributed by atoms with E-state index in [0.717, 1.165) is 56.1 Å². The van der Waals surface area contributed by atoms with Gasteiger partial charge in [0.25, 0.3) is 0 Å². The van der Waals surface area contributed by atoms with E-state index >= 15 is 0 Å². The highest BCUT2D eigenvalue weighted by molar-refractivity contribution is 6.30. The number of nitriles is 1. The maximum absolute atomic E-state index is 8.64. The van der Waals surface area contributed by atoms with Crippen molar-refractivity contribution in [1.82, 2.24) is 4.90 Å². The normalized spacial score (nSPS) is 12.7. The molecule has 0 aliphatic carbocycles. The van der Waals surface area contributed by atoms with E-state index in [1.165, 1.54) is 28.6 Å². The lowest BCUT2D eigenvalue weighted by molar-refractivity contribution is 0.124. The zero-order chi connectivity index (χ0) is 24.2. The van der Waals surface area contributed by atoms with Gasteiger partial charge in [-0.05, 0) is 80.7 Å². The summed E-state index contributed by atoms with van der Waals surface area (Å²) >= 11 is 6.40. The van der Waals surface area contributed by atoms with Gasteiger partial charge in [-0.3, -0.25) is 0 Å². The molecule has 0 atom stereocenters. The molecule has 0 amide bonds. The van der Waals surface area contributed by atoms with Gasteiger partial charge in [0.15, 0.2) is 0 Å². The maximum atomic E-state index is 8.64. The number of ether oxygens (including phenoxy) is 2. The second kappa shape index (κ2) is 13.7. The van der Waals surface area contributed by atoms with Gasteiger partial charge in [-0.1, -0.05) is 29.7 Å². The Hall–Kier alpha value is -2.96. The molecule has 1 aliphatic heterocycles. The third-order valence-electron chi connectivity index (χ3n) is 5.81. The van der Waals surface area contributed by atoms with Crippen LogP contribution in [-0.4, -0.2) is 51.4 Å². The van der Waals surface area contributed by atoms with Crippen LogP contribution in [-0.2, 0) is 17.6 Å². The molecule has 2 aromatic carbocycles. The number of allylic oxidation sites excluding steroid dienone is 1. The Labute approximate surface area is 208 Å². The number of benzene rings is 2. The zero-order valence-corrected chi connectivity index (χ0v) is 20.6. The minimum atomic E-state index is 0.301. The summed E-state index contributed by atoms with van der Waals surface area (Å²) in [4.78, 5) is 4.63. The predicted octanol–water partition coefficient (Wildman–Crippen LogP) is 5.40. The summed E-state index contributed by atoms with van der Waals surface area (Å²) < 4.78 is 11.2. The van der Waals surface area contributed by atoms with E-state index in [1.807, 2.05) is 24.3 Å². The van der Waals surface area contributed by atoms with Crippen molar-refractivity contribution in [3.05, 3.63) is 64.7 Å². The first-order valence-corrected chi connectivity index (χ1v) is 12.1. The third-order valence-corrected chi connectivity index (χ3v) is 6.04. The van der Waals surface area contributed by atoms with E-state index in [-0.39, 0.29) is 0 Å². The van der Waals surface area contributed by atoms with Crippen LogP contribution in [0.5, 0.6) is 5.75 Å². The van der Waals surface area contributed by atoms with Crippen molar-refractivity contribution < 1.29 is 9.47 Å². The van der Waals surface area contributed by atoms with Crippen molar-refractivity contribution in [2.45, 2.75) is 25.7 Å². The molecule has 1 heterocycles. The highest BCUT2D eigenvalue weighted by atomic mass is 35.5. The number of unbranched alkanes of at least 4 members (excludes halogenated alkanes) is 1. The molecule has 0 aromatic heterocycles. The Morgan fingerprint density at radius 3 is 2.79 bits per heavy atom. The fourth-order valence-corrected chi connectivity index (χ4v) is 4.30. The number of rotatable bonds is 12.